The summed E-state index contributed by atoms with van der Waals surface area (Å²) in [5.74, 6) is -0.419. The first kappa shape index (κ1) is 17.0. The summed E-state index contributed by atoms with van der Waals surface area (Å²) >= 11 is 0. The molecule has 0 aliphatic carbocycles. The minimum atomic E-state index is -0.419. The van der Waals surface area contributed by atoms with E-state index in [1.54, 1.807) is 48.4 Å². The van der Waals surface area contributed by atoms with E-state index in [1.807, 2.05) is 6.07 Å². The van der Waals surface area contributed by atoms with Crippen molar-refractivity contribution in [2.45, 2.75) is 13.5 Å². The van der Waals surface area contributed by atoms with Gasteiger partial charge in [-0.25, -0.2) is 9.37 Å². The van der Waals surface area contributed by atoms with Gasteiger partial charge in [-0.15, -0.1) is 0 Å². The van der Waals surface area contributed by atoms with Crippen LogP contribution >= 0.6 is 0 Å². The molecule has 4 rings (SSSR count). The van der Waals surface area contributed by atoms with Gasteiger partial charge in [-0.1, -0.05) is 0 Å². The summed E-state index contributed by atoms with van der Waals surface area (Å²) in [6.45, 7) is 2.15. The number of hydrogen-bond acceptors (Lipinski definition) is 6. The van der Waals surface area contributed by atoms with Crippen molar-refractivity contribution in [3.05, 3.63) is 60.4 Å². The Morgan fingerprint density at radius 2 is 2.00 bits per heavy atom. The van der Waals surface area contributed by atoms with Crippen LogP contribution < -0.4 is 5.32 Å². The number of aryl methyl sites for hydroxylation is 1. The van der Waals surface area contributed by atoms with E-state index in [-0.39, 0.29) is 12.3 Å². The molecule has 0 aromatic carbocycles. The summed E-state index contributed by atoms with van der Waals surface area (Å²) in [6.07, 6.45) is 4.93. The monoisotopic (exact) mass is 364 g/mol. The third-order valence-corrected chi connectivity index (χ3v) is 4.11. The molecule has 4 aromatic rings. The van der Waals surface area contributed by atoms with Gasteiger partial charge in [0.2, 0.25) is 0 Å². The highest BCUT2D eigenvalue weighted by Crippen LogP contribution is 2.27. The quantitative estimate of drug-likeness (QED) is 0.566. The normalized spacial score (nSPS) is 11.1. The lowest BCUT2D eigenvalue weighted by Gasteiger charge is -2.11. The number of nitrogens with zero attached hydrogens (tertiary/aromatic N) is 5. The number of pyridine rings is 3. The van der Waals surface area contributed by atoms with Crippen molar-refractivity contribution in [2.75, 3.05) is 11.9 Å². The fourth-order valence-corrected chi connectivity index (χ4v) is 2.90. The van der Waals surface area contributed by atoms with Crippen LogP contribution in [-0.2, 0) is 6.54 Å². The molecule has 4 aromatic heterocycles. The van der Waals surface area contributed by atoms with Crippen LogP contribution in [0.1, 0.15) is 5.69 Å². The molecule has 2 N–H and O–H groups in total. The largest absolute Gasteiger partial charge is 0.394 e. The fraction of sp³-hybridized carbons (Fsp3) is 0.158. The van der Waals surface area contributed by atoms with Gasteiger partial charge in [-0.2, -0.15) is 5.10 Å². The van der Waals surface area contributed by atoms with Crippen LogP contribution in [0.5, 0.6) is 0 Å². The minimum absolute atomic E-state index is 0.0250. The molecule has 136 valence electrons. The highest BCUT2D eigenvalue weighted by molar-refractivity contribution is 5.89. The second kappa shape index (κ2) is 7.08. The van der Waals surface area contributed by atoms with Gasteiger partial charge in [0.05, 0.1) is 30.7 Å². The number of aliphatic hydroxyl groups is 1. The van der Waals surface area contributed by atoms with E-state index < -0.39 is 5.82 Å². The van der Waals surface area contributed by atoms with Crippen LogP contribution in [-0.4, -0.2) is 36.4 Å². The first-order valence-corrected chi connectivity index (χ1v) is 8.43. The summed E-state index contributed by atoms with van der Waals surface area (Å²) in [4.78, 5) is 12.8. The standard InChI is InChI=1S/C19H17FN6O/c1-12-2-3-14(20)18(24-12)16-10-13(4-6-21-16)25-15-5-7-22-17-11-23-26(8-9-27)19(15)17/h2-7,10-11,27H,8-9H2,1H3,(H,21,22,25). The van der Waals surface area contributed by atoms with E-state index in [4.69, 9.17) is 0 Å². The molecule has 0 aliphatic rings. The van der Waals surface area contributed by atoms with Crippen LogP contribution in [0.2, 0.25) is 0 Å². The number of aromatic nitrogens is 5. The number of rotatable bonds is 5. The van der Waals surface area contributed by atoms with Crippen LogP contribution in [0.4, 0.5) is 15.8 Å². The van der Waals surface area contributed by atoms with Crippen LogP contribution in [0.3, 0.4) is 0 Å². The zero-order valence-electron chi connectivity index (χ0n) is 14.6. The van der Waals surface area contributed by atoms with Gasteiger partial charge in [0.15, 0.2) is 5.82 Å². The number of anilines is 2. The summed E-state index contributed by atoms with van der Waals surface area (Å²) in [5, 5.41) is 16.8. The zero-order chi connectivity index (χ0) is 18.8. The smallest absolute Gasteiger partial charge is 0.151 e. The second-order valence-corrected chi connectivity index (χ2v) is 6.02. The van der Waals surface area contributed by atoms with E-state index in [9.17, 15) is 9.50 Å². The third-order valence-electron chi connectivity index (χ3n) is 4.11. The van der Waals surface area contributed by atoms with Crippen molar-refractivity contribution in [1.29, 1.82) is 0 Å². The predicted octanol–water partition coefficient (Wildman–Crippen LogP) is 3.07. The first-order valence-electron chi connectivity index (χ1n) is 8.43. The Morgan fingerprint density at radius 1 is 1.15 bits per heavy atom. The summed E-state index contributed by atoms with van der Waals surface area (Å²) < 4.78 is 15.8. The molecular weight excluding hydrogens is 347 g/mol. The van der Waals surface area contributed by atoms with Crippen molar-refractivity contribution in [3.8, 4) is 11.4 Å². The molecule has 0 spiro atoms. The summed E-state index contributed by atoms with van der Waals surface area (Å²) in [7, 11) is 0. The Morgan fingerprint density at radius 3 is 2.85 bits per heavy atom. The first-order chi connectivity index (χ1) is 13.2. The molecule has 27 heavy (non-hydrogen) atoms. The number of halogens is 1. The SMILES string of the molecule is Cc1ccc(F)c(-c2cc(Nc3ccnc4cnn(CCO)c34)ccn2)n1. The molecule has 8 heteroatoms. The zero-order valence-corrected chi connectivity index (χ0v) is 14.6. The van der Waals surface area contributed by atoms with E-state index in [1.165, 1.54) is 6.07 Å². The van der Waals surface area contributed by atoms with E-state index in [0.29, 0.717) is 17.8 Å². The van der Waals surface area contributed by atoms with E-state index >= 15 is 0 Å². The van der Waals surface area contributed by atoms with Gasteiger partial charge < -0.3 is 10.4 Å². The van der Waals surface area contributed by atoms with Gasteiger partial charge in [-0.3, -0.25) is 14.6 Å². The molecule has 0 saturated carbocycles. The number of fused-ring (bicyclic) bond motifs is 1. The lowest BCUT2D eigenvalue weighted by atomic mass is 10.2. The predicted molar refractivity (Wildman–Crippen MR) is 100 cm³/mol. The van der Waals surface area contributed by atoms with E-state index in [0.717, 1.165) is 22.6 Å². The minimum Gasteiger partial charge on any atom is -0.394 e. The average Bonchev–Trinajstić information content (AvgIpc) is 3.08. The highest BCUT2D eigenvalue weighted by Gasteiger charge is 2.12. The topological polar surface area (TPSA) is 88.8 Å². The molecule has 0 atom stereocenters. The molecule has 0 amide bonds. The molecule has 0 bridgehead atoms. The maximum absolute atomic E-state index is 14.2. The molecule has 7 nitrogen and oxygen atoms in total. The van der Waals surface area contributed by atoms with Crippen molar-refractivity contribution in [1.82, 2.24) is 24.7 Å². The van der Waals surface area contributed by atoms with Gasteiger partial charge >= 0.3 is 0 Å². The maximum atomic E-state index is 14.2. The summed E-state index contributed by atoms with van der Waals surface area (Å²) in [5.41, 5.74) is 4.38. The molecule has 4 heterocycles. The fourth-order valence-electron chi connectivity index (χ4n) is 2.90. The Bertz CT molecular complexity index is 1110. The van der Waals surface area contributed by atoms with Crippen LogP contribution in [0.25, 0.3) is 22.4 Å². The number of nitrogens with one attached hydrogen (secondary N) is 1. The third kappa shape index (κ3) is 3.34. The second-order valence-electron chi connectivity index (χ2n) is 6.02. The molecule has 0 aliphatic heterocycles. The lowest BCUT2D eigenvalue weighted by molar-refractivity contribution is 0.272. The maximum Gasteiger partial charge on any atom is 0.151 e. The Labute approximate surface area is 154 Å². The van der Waals surface area contributed by atoms with Gasteiger partial charge in [-0.05, 0) is 37.3 Å². The van der Waals surface area contributed by atoms with Crippen molar-refractivity contribution in [2.24, 2.45) is 0 Å². The Kier molecular flexibility index (Phi) is 4.47. The molecule has 0 saturated heterocycles. The van der Waals surface area contributed by atoms with Crippen molar-refractivity contribution < 1.29 is 9.50 Å². The number of hydrogen-bond donors (Lipinski definition) is 2. The van der Waals surface area contributed by atoms with Crippen molar-refractivity contribution in [3.63, 3.8) is 0 Å². The Balaban J connectivity index is 1.73. The van der Waals surface area contributed by atoms with E-state index in [2.05, 4.69) is 25.4 Å². The molecule has 0 radical (unpaired) electrons. The lowest BCUT2D eigenvalue weighted by Crippen LogP contribution is -2.05. The van der Waals surface area contributed by atoms with Crippen LogP contribution in [0.15, 0.2) is 48.9 Å². The van der Waals surface area contributed by atoms with Gasteiger partial charge in [0.1, 0.15) is 16.7 Å². The van der Waals surface area contributed by atoms with Gasteiger partial charge in [0.25, 0.3) is 0 Å². The van der Waals surface area contributed by atoms with Crippen LogP contribution in [0, 0.1) is 12.7 Å². The molecule has 0 unspecified atom stereocenters. The summed E-state index contributed by atoms with van der Waals surface area (Å²) in [6, 6.07) is 8.36. The molecular formula is C19H17FN6O. The average molecular weight is 364 g/mol. The number of aliphatic hydroxyl groups excluding tert-OH is 1. The molecule has 0 fully saturated rings. The van der Waals surface area contributed by atoms with Gasteiger partial charge in [0, 0.05) is 23.8 Å². The Hall–Kier alpha value is -3.39. The van der Waals surface area contributed by atoms with Crippen molar-refractivity contribution >= 4 is 22.4 Å². The highest BCUT2D eigenvalue weighted by atomic mass is 19.1.